The minimum Gasteiger partial charge on any atom is -0.383 e. The van der Waals surface area contributed by atoms with Crippen LogP contribution in [-0.4, -0.2) is 37.7 Å². The molecule has 0 saturated heterocycles. The number of nitrogens with zero attached hydrogens (tertiary/aromatic N) is 1. The zero-order chi connectivity index (χ0) is 12.5. The highest BCUT2D eigenvalue weighted by Gasteiger charge is 2.01. The fourth-order valence-corrected chi connectivity index (χ4v) is 1.33. The molecule has 0 radical (unpaired) electrons. The van der Waals surface area contributed by atoms with Crippen LogP contribution in [0, 0.1) is 6.92 Å². The van der Waals surface area contributed by atoms with Gasteiger partial charge in [0.15, 0.2) is 0 Å². The molecule has 1 aromatic heterocycles. The van der Waals surface area contributed by atoms with Crippen molar-refractivity contribution in [3.05, 3.63) is 29.6 Å². The maximum atomic E-state index is 11.4. The second-order valence-electron chi connectivity index (χ2n) is 3.72. The number of hydrogen-bond donors (Lipinski definition) is 2. The fraction of sp³-hybridized carbons (Fsp3) is 0.500. The van der Waals surface area contributed by atoms with Crippen molar-refractivity contribution in [2.75, 3.05) is 26.8 Å². The van der Waals surface area contributed by atoms with Crippen molar-refractivity contribution in [1.82, 2.24) is 15.6 Å². The van der Waals surface area contributed by atoms with Gasteiger partial charge in [0, 0.05) is 19.3 Å². The van der Waals surface area contributed by atoms with Crippen LogP contribution in [0.25, 0.3) is 0 Å². The molecule has 1 amide bonds. The standard InChI is InChI=1S/C12H19N3O2/c1-10-4-3-5-11(15-10)8-14-12(16)9-13-6-7-17-2/h3-5,13H,6-9H2,1-2H3,(H,14,16). The number of ether oxygens (including phenoxy) is 1. The Hall–Kier alpha value is -1.46. The monoisotopic (exact) mass is 237 g/mol. The minimum atomic E-state index is -0.0376. The highest BCUT2D eigenvalue weighted by Crippen LogP contribution is 1.96. The normalized spacial score (nSPS) is 10.2. The first-order valence-corrected chi connectivity index (χ1v) is 5.61. The molecule has 0 spiro atoms. The number of amides is 1. The predicted octanol–water partition coefficient (Wildman–Crippen LogP) is 0.242. The number of nitrogens with one attached hydrogen (secondary N) is 2. The number of carbonyl (C=O) groups is 1. The number of carbonyl (C=O) groups excluding carboxylic acids is 1. The summed E-state index contributed by atoms with van der Waals surface area (Å²) in [6.45, 7) is 3.97. The van der Waals surface area contributed by atoms with E-state index in [0.29, 0.717) is 26.2 Å². The lowest BCUT2D eigenvalue weighted by Crippen LogP contribution is -2.35. The number of rotatable bonds is 7. The summed E-state index contributed by atoms with van der Waals surface area (Å²) in [5.74, 6) is -0.0376. The van der Waals surface area contributed by atoms with E-state index in [2.05, 4.69) is 15.6 Å². The lowest BCUT2D eigenvalue weighted by Gasteiger charge is -2.06. The zero-order valence-electron chi connectivity index (χ0n) is 10.3. The molecule has 5 nitrogen and oxygen atoms in total. The Morgan fingerprint density at radius 3 is 3.00 bits per heavy atom. The first kappa shape index (κ1) is 13.6. The van der Waals surface area contributed by atoms with Crippen LogP contribution in [0.3, 0.4) is 0 Å². The third-order valence-electron chi connectivity index (χ3n) is 2.18. The van der Waals surface area contributed by atoms with Crippen LogP contribution in [-0.2, 0) is 16.1 Å². The van der Waals surface area contributed by atoms with E-state index < -0.39 is 0 Å². The molecule has 0 bridgehead atoms. The van der Waals surface area contributed by atoms with E-state index in [9.17, 15) is 4.79 Å². The largest absolute Gasteiger partial charge is 0.383 e. The van der Waals surface area contributed by atoms with Crippen molar-refractivity contribution in [3.63, 3.8) is 0 Å². The second-order valence-corrected chi connectivity index (χ2v) is 3.72. The van der Waals surface area contributed by atoms with Crippen molar-refractivity contribution < 1.29 is 9.53 Å². The van der Waals surface area contributed by atoms with Gasteiger partial charge in [-0.1, -0.05) is 6.07 Å². The number of aryl methyl sites for hydroxylation is 1. The Bertz CT molecular complexity index is 355. The van der Waals surface area contributed by atoms with Gasteiger partial charge >= 0.3 is 0 Å². The zero-order valence-corrected chi connectivity index (χ0v) is 10.3. The molecule has 0 aliphatic carbocycles. The van der Waals surface area contributed by atoms with Gasteiger partial charge in [0.25, 0.3) is 0 Å². The molecule has 0 aliphatic rings. The summed E-state index contributed by atoms with van der Waals surface area (Å²) < 4.78 is 4.86. The molecule has 17 heavy (non-hydrogen) atoms. The SMILES string of the molecule is COCCNCC(=O)NCc1cccc(C)n1. The molecule has 0 aliphatic heterocycles. The molecular weight excluding hydrogens is 218 g/mol. The van der Waals surface area contributed by atoms with E-state index in [-0.39, 0.29) is 5.91 Å². The van der Waals surface area contributed by atoms with E-state index in [1.807, 2.05) is 25.1 Å². The van der Waals surface area contributed by atoms with Crippen LogP contribution >= 0.6 is 0 Å². The number of pyridine rings is 1. The number of hydrogen-bond acceptors (Lipinski definition) is 4. The topological polar surface area (TPSA) is 63.2 Å². The van der Waals surface area contributed by atoms with Crippen LogP contribution in [0.1, 0.15) is 11.4 Å². The smallest absolute Gasteiger partial charge is 0.234 e. The third kappa shape index (κ3) is 5.99. The minimum absolute atomic E-state index is 0.0376. The Balaban J connectivity index is 2.19. The van der Waals surface area contributed by atoms with Crippen molar-refractivity contribution in [2.45, 2.75) is 13.5 Å². The van der Waals surface area contributed by atoms with Gasteiger partial charge in [-0.05, 0) is 19.1 Å². The van der Waals surface area contributed by atoms with Crippen LogP contribution in [0.5, 0.6) is 0 Å². The molecule has 0 saturated carbocycles. The first-order valence-electron chi connectivity index (χ1n) is 5.61. The van der Waals surface area contributed by atoms with Gasteiger partial charge in [-0.25, -0.2) is 0 Å². The molecule has 5 heteroatoms. The summed E-state index contributed by atoms with van der Waals surface area (Å²) in [4.78, 5) is 15.7. The predicted molar refractivity (Wildman–Crippen MR) is 65.6 cm³/mol. The fourth-order valence-electron chi connectivity index (χ4n) is 1.33. The third-order valence-corrected chi connectivity index (χ3v) is 2.18. The molecule has 0 fully saturated rings. The van der Waals surface area contributed by atoms with Crippen LogP contribution < -0.4 is 10.6 Å². The second kappa shape index (κ2) is 7.76. The lowest BCUT2D eigenvalue weighted by molar-refractivity contribution is -0.120. The summed E-state index contributed by atoms with van der Waals surface area (Å²) in [5, 5.41) is 5.77. The van der Waals surface area contributed by atoms with E-state index >= 15 is 0 Å². The van der Waals surface area contributed by atoms with E-state index in [4.69, 9.17) is 4.74 Å². The van der Waals surface area contributed by atoms with Crippen molar-refractivity contribution in [1.29, 1.82) is 0 Å². The van der Waals surface area contributed by atoms with Crippen LogP contribution in [0.2, 0.25) is 0 Å². The highest BCUT2D eigenvalue weighted by molar-refractivity contribution is 5.77. The van der Waals surface area contributed by atoms with Crippen molar-refractivity contribution >= 4 is 5.91 Å². The van der Waals surface area contributed by atoms with Crippen LogP contribution in [0.4, 0.5) is 0 Å². The van der Waals surface area contributed by atoms with Gasteiger partial charge in [-0.15, -0.1) is 0 Å². The van der Waals surface area contributed by atoms with E-state index in [1.54, 1.807) is 7.11 Å². The van der Waals surface area contributed by atoms with Crippen LogP contribution in [0.15, 0.2) is 18.2 Å². The molecule has 0 unspecified atom stereocenters. The van der Waals surface area contributed by atoms with Gasteiger partial charge in [0.05, 0.1) is 25.4 Å². The highest BCUT2D eigenvalue weighted by atomic mass is 16.5. The average molecular weight is 237 g/mol. The molecule has 0 atom stereocenters. The Morgan fingerprint density at radius 1 is 1.47 bits per heavy atom. The Kier molecular flexibility index (Phi) is 6.21. The Labute approximate surface area is 102 Å². The molecule has 1 heterocycles. The van der Waals surface area contributed by atoms with Gasteiger partial charge in [-0.2, -0.15) is 0 Å². The maximum Gasteiger partial charge on any atom is 0.234 e. The van der Waals surface area contributed by atoms with Gasteiger partial charge in [0.1, 0.15) is 0 Å². The van der Waals surface area contributed by atoms with Crippen molar-refractivity contribution in [2.24, 2.45) is 0 Å². The number of methoxy groups -OCH3 is 1. The number of aromatic nitrogens is 1. The molecular formula is C12H19N3O2. The first-order chi connectivity index (χ1) is 8.22. The molecule has 1 rings (SSSR count). The van der Waals surface area contributed by atoms with Gasteiger partial charge in [-0.3, -0.25) is 9.78 Å². The maximum absolute atomic E-state index is 11.4. The molecule has 2 N–H and O–H groups in total. The summed E-state index contributed by atoms with van der Waals surface area (Å²) in [6.07, 6.45) is 0. The van der Waals surface area contributed by atoms with Gasteiger partial charge in [0.2, 0.25) is 5.91 Å². The summed E-state index contributed by atoms with van der Waals surface area (Å²) in [6, 6.07) is 5.75. The van der Waals surface area contributed by atoms with Crippen molar-refractivity contribution in [3.8, 4) is 0 Å². The summed E-state index contributed by atoms with van der Waals surface area (Å²) in [5.41, 5.74) is 1.82. The quantitative estimate of drug-likeness (QED) is 0.667. The summed E-state index contributed by atoms with van der Waals surface area (Å²) in [7, 11) is 1.63. The molecule has 1 aromatic rings. The molecule has 0 aromatic carbocycles. The lowest BCUT2D eigenvalue weighted by atomic mass is 10.3. The summed E-state index contributed by atoms with van der Waals surface area (Å²) >= 11 is 0. The molecule has 94 valence electrons. The van der Waals surface area contributed by atoms with E-state index in [1.165, 1.54) is 0 Å². The van der Waals surface area contributed by atoms with Gasteiger partial charge < -0.3 is 15.4 Å². The Morgan fingerprint density at radius 2 is 2.29 bits per heavy atom. The van der Waals surface area contributed by atoms with E-state index in [0.717, 1.165) is 11.4 Å². The average Bonchev–Trinajstić information content (AvgIpc) is 2.32.